The Hall–Kier alpha value is -4.51. The zero-order valence-corrected chi connectivity index (χ0v) is 19.7. The Morgan fingerprint density at radius 1 is 1.03 bits per heavy atom. The Morgan fingerprint density at radius 2 is 1.69 bits per heavy atom. The molecule has 0 fully saturated rings. The van der Waals surface area contributed by atoms with E-state index in [1.165, 1.54) is 18.0 Å². The number of aliphatic carboxylic acids is 1. The lowest BCUT2D eigenvalue weighted by molar-refractivity contribution is -0.136. The molecule has 1 N–H and O–H groups in total. The maximum absolute atomic E-state index is 13.3. The molecule has 3 rings (SSSR count). The van der Waals surface area contributed by atoms with Crippen LogP contribution < -0.4 is 9.64 Å². The molecule has 0 aliphatic rings. The maximum Gasteiger partial charge on any atom is 0.303 e. The number of ketones is 1. The van der Waals surface area contributed by atoms with Crippen LogP contribution in [0.5, 0.6) is 5.75 Å². The van der Waals surface area contributed by atoms with Crippen LogP contribution in [0.25, 0.3) is 0 Å². The van der Waals surface area contributed by atoms with Gasteiger partial charge < -0.3 is 9.84 Å². The zero-order valence-electron chi connectivity index (χ0n) is 19.7. The van der Waals surface area contributed by atoms with E-state index < -0.39 is 18.2 Å². The van der Waals surface area contributed by atoms with Crippen LogP contribution in [0.15, 0.2) is 54.6 Å². The Bertz CT molecular complexity index is 1290. The highest BCUT2D eigenvalue weighted by molar-refractivity contribution is 6.08. The summed E-state index contributed by atoms with van der Waals surface area (Å²) in [5.74, 6) is -2.03. The number of benzene rings is 2. The van der Waals surface area contributed by atoms with E-state index in [1.807, 2.05) is 68.4 Å². The lowest BCUT2D eigenvalue weighted by Gasteiger charge is -2.21. The van der Waals surface area contributed by atoms with E-state index in [2.05, 4.69) is 4.98 Å². The molecule has 1 amide bonds. The molecule has 0 saturated heterocycles. The molecule has 0 radical (unpaired) electrons. The number of nitrogens with zero attached hydrogens (tertiary/aromatic N) is 3. The number of hydrogen-bond acceptors (Lipinski definition) is 6. The van der Waals surface area contributed by atoms with Crippen LogP contribution in [0.4, 0.5) is 5.82 Å². The molecule has 178 valence electrons. The van der Waals surface area contributed by atoms with Gasteiger partial charge in [-0.2, -0.15) is 5.26 Å². The van der Waals surface area contributed by atoms with Crippen LogP contribution in [0.2, 0.25) is 0 Å². The normalized spacial score (nSPS) is 10.3. The molecule has 0 unspecified atom stereocenters. The molecule has 2 aromatic carbocycles. The number of carbonyl (C=O) groups is 3. The summed E-state index contributed by atoms with van der Waals surface area (Å²) in [4.78, 5) is 42.9. The summed E-state index contributed by atoms with van der Waals surface area (Å²) < 4.78 is 5.83. The first-order valence-electron chi connectivity index (χ1n) is 10.9. The summed E-state index contributed by atoms with van der Waals surface area (Å²) >= 11 is 0. The second kappa shape index (κ2) is 11.1. The van der Waals surface area contributed by atoms with Gasteiger partial charge in [0.1, 0.15) is 24.1 Å². The van der Waals surface area contributed by atoms with Gasteiger partial charge in [0.15, 0.2) is 17.2 Å². The largest absolute Gasteiger partial charge is 0.485 e. The molecule has 35 heavy (non-hydrogen) atoms. The van der Waals surface area contributed by atoms with Crippen molar-refractivity contribution in [3.8, 4) is 11.8 Å². The number of carboxylic acids is 1. The minimum Gasteiger partial charge on any atom is -0.485 e. The number of carbonyl (C=O) groups excluding carboxylic acids is 2. The molecule has 0 saturated carbocycles. The summed E-state index contributed by atoms with van der Waals surface area (Å²) in [5, 5.41) is 18.8. The van der Waals surface area contributed by atoms with E-state index in [-0.39, 0.29) is 41.8 Å². The van der Waals surface area contributed by atoms with Gasteiger partial charge in [-0.05, 0) is 30.5 Å². The number of anilines is 1. The second-order valence-electron chi connectivity index (χ2n) is 8.04. The molecule has 3 aromatic rings. The number of Topliss-reactive ketones (excluding diaryl/α,β-unsaturated/α-hetero) is 1. The first-order chi connectivity index (χ1) is 16.7. The Labute approximate surface area is 203 Å². The average Bonchev–Trinajstić information content (AvgIpc) is 2.85. The summed E-state index contributed by atoms with van der Waals surface area (Å²) in [6.07, 6.45) is -0.727. The standard InChI is InChI=1S/C27H25N3O5/c1-17-8-7-9-18(2)24(17)27(34)30(3)22-14-20(15-28)26(35-16-19-10-5-4-6-11-19)25(29-22)21(31)12-13-23(32)33/h4-11,14H,12-13,16H2,1-3H3,(H,32,33). The number of rotatable bonds is 9. The molecular formula is C27H25N3O5. The monoisotopic (exact) mass is 471 g/mol. The number of amides is 1. The Balaban J connectivity index is 2.05. The number of aryl methyl sites for hydroxylation is 2. The minimum atomic E-state index is -1.14. The van der Waals surface area contributed by atoms with Gasteiger partial charge in [0, 0.05) is 25.1 Å². The number of aromatic nitrogens is 1. The fourth-order valence-electron chi connectivity index (χ4n) is 3.60. The molecule has 8 heteroatoms. The van der Waals surface area contributed by atoms with E-state index >= 15 is 0 Å². The van der Waals surface area contributed by atoms with Gasteiger partial charge in [-0.25, -0.2) is 4.98 Å². The minimum absolute atomic E-state index is 0.0192. The zero-order chi connectivity index (χ0) is 25.5. The third kappa shape index (κ3) is 5.89. The van der Waals surface area contributed by atoms with Crippen molar-refractivity contribution in [3.05, 3.63) is 88.1 Å². The Morgan fingerprint density at radius 3 is 2.29 bits per heavy atom. The van der Waals surface area contributed by atoms with Crippen molar-refractivity contribution >= 4 is 23.5 Å². The molecule has 8 nitrogen and oxygen atoms in total. The molecule has 1 aromatic heterocycles. The third-order valence-electron chi connectivity index (χ3n) is 5.48. The van der Waals surface area contributed by atoms with Crippen LogP contribution in [0, 0.1) is 25.2 Å². The quantitative estimate of drug-likeness (QED) is 0.457. The van der Waals surface area contributed by atoms with Crippen LogP contribution in [0.1, 0.15) is 55.9 Å². The first-order valence-corrected chi connectivity index (χ1v) is 10.9. The van der Waals surface area contributed by atoms with Gasteiger partial charge in [-0.3, -0.25) is 19.3 Å². The summed E-state index contributed by atoms with van der Waals surface area (Å²) in [6.45, 7) is 3.72. The predicted molar refractivity (Wildman–Crippen MR) is 130 cm³/mol. The highest BCUT2D eigenvalue weighted by Gasteiger charge is 2.25. The van der Waals surface area contributed by atoms with Gasteiger partial charge in [-0.15, -0.1) is 0 Å². The summed E-state index contributed by atoms with van der Waals surface area (Å²) in [6, 6.07) is 18.1. The number of nitriles is 1. The van der Waals surface area contributed by atoms with Crippen LogP contribution in [0.3, 0.4) is 0 Å². The molecule has 0 aliphatic carbocycles. The van der Waals surface area contributed by atoms with Crippen molar-refractivity contribution in [2.75, 3.05) is 11.9 Å². The predicted octanol–water partition coefficient (Wildman–Crippen LogP) is 4.47. The van der Waals surface area contributed by atoms with Crippen molar-refractivity contribution in [1.82, 2.24) is 4.98 Å². The highest BCUT2D eigenvalue weighted by Crippen LogP contribution is 2.30. The second-order valence-corrected chi connectivity index (χ2v) is 8.04. The topological polar surface area (TPSA) is 121 Å². The van der Waals surface area contributed by atoms with E-state index in [0.717, 1.165) is 16.7 Å². The van der Waals surface area contributed by atoms with Crippen LogP contribution in [-0.4, -0.2) is 34.8 Å². The van der Waals surface area contributed by atoms with Gasteiger partial charge in [-0.1, -0.05) is 48.5 Å². The molecule has 0 atom stereocenters. The number of pyridine rings is 1. The smallest absolute Gasteiger partial charge is 0.303 e. The molecular weight excluding hydrogens is 446 g/mol. The van der Waals surface area contributed by atoms with E-state index in [4.69, 9.17) is 9.84 Å². The summed E-state index contributed by atoms with van der Waals surface area (Å²) in [7, 11) is 1.51. The molecule has 0 bridgehead atoms. The van der Waals surface area contributed by atoms with Gasteiger partial charge >= 0.3 is 5.97 Å². The summed E-state index contributed by atoms with van der Waals surface area (Å²) in [5.41, 5.74) is 2.71. The Kier molecular flexibility index (Phi) is 7.95. The van der Waals surface area contributed by atoms with Crippen LogP contribution in [-0.2, 0) is 11.4 Å². The number of carboxylic acid groups (broad SMARTS) is 1. The van der Waals surface area contributed by atoms with Gasteiger partial charge in [0.25, 0.3) is 5.91 Å². The molecule has 0 aliphatic heterocycles. The van der Waals surface area contributed by atoms with Crippen molar-refractivity contribution in [3.63, 3.8) is 0 Å². The van der Waals surface area contributed by atoms with E-state index in [1.54, 1.807) is 0 Å². The third-order valence-corrected chi connectivity index (χ3v) is 5.48. The van der Waals surface area contributed by atoms with Crippen LogP contribution >= 0.6 is 0 Å². The lowest BCUT2D eigenvalue weighted by atomic mass is 10.0. The SMILES string of the molecule is Cc1cccc(C)c1C(=O)N(C)c1cc(C#N)c(OCc2ccccc2)c(C(=O)CCC(=O)O)n1. The highest BCUT2D eigenvalue weighted by atomic mass is 16.5. The van der Waals surface area contributed by atoms with Gasteiger partial charge in [0.2, 0.25) is 0 Å². The van der Waals surface area contributed by atoms with Crippen molar-refractivity contribution in [1.29, 1.82) is 5.26 Å². The molecule has 1 heterocycles. The van der Waals surface area contributed by atoms with Crippen molar-refractivity contribution < 1.29 is 24.2 Å². The lowest BCUT2D eigenvalue weighted by Crippen LogP contribution is -2.29. The first kappa shape index (κ1) is 25.1. The van der Waals surface area contributed by atoms with E-state index in [0.29, 0.717) is 5.56 Å². The van der Waals surface area contributed by atoms with Crippen molar-refractivity contribution in [2.24, 2.45) is 0 Å². The van der Waals surface area contributed by atoms with Crippen molar-refractivity contribution in [2.45, 2.75) is 33.3 Å². The number of hydrogen-bond donors (Lipinski definition) is 1. The fraction of sp³-hybridized carbons (Fsp3) is 0.222. The fourth-order valence-corrected chi connectivity index (χ4v) is 3.60. The number of ether oxygens (including phenoxy) is 1. The van der Waals surface area contributed by atoms with E-state index in [9.17, 15) is 19.6 Å². The average molecular weight is 472 g/mol. The van der Waals surface area contributed by atoms with Gasteiger partial charge in [0.05, 0.1) is 6.42 Å². The maximum atomic E-state index is 13.3. The molecule has 0 spiro atoms.